The minimum atomic E-state index is -0.319. The number of carbonyl (C=O) groups excluding carboxylic acids is 4. The molecule has 0 fully saturated rings. The van der Waals surface area contributed by atoms with Crippen molar-refractivity contribution in [2.24, 2.45) is 0 Å². The second kappa shape index (κ2) is 13.8. The zero-order valence-corrected chi connectivity index (χ0v) is 33.2. The first-order chi connectivity index (χ1) is 27.9. The highest BCUT2D eigenvalue weighted by atomic mass is 16.2. The molecule has 6 heteroatoms. The van der Waals surface area contributed by atoms with Crippen LogP contribution in [0.4, 0.5) is 11.4 Å². The summed E-state index contributed by atoms with van der Waals surface area (Å²) in [5, 5.41) is 0. The molecule has 0 saturated heterocycles. The Hall–Kier alpha value is -7.18. The molecule has 2 aliphatic rings. The lowest BCUT2D eigenvalue weighted by atomic mass is 9.92. The monoisotopic (exact) mass is 756 g/mol. The van der Waals surface area contributed by atoms with E-state index in [0.717, 1.165) is 77.9 Å². The molecule has 7 aromatic rings. The largest absolute Gasteiger partial charge is 0.268 e. The minimum Gasteiger partial charge on any atom is -0.268 e. The van der Waals surface area contributed by atoms with E-state index >= 15 is 0 Å². The van der Waals surface area contributed by atoms with Gasteiger partial charge >= 0.3 is 0 Å². The van der Waals surface area contributed by atoms with Gasteiger partial charge in [-0.2, -0.15) is 0 Å². The van der Waals surface area contributed by atoms with Crippen LogP contribution in [0.2, 0.25) is 0 Å². The van der Waals surface area contributed by atoms with E-state index in [1.165, 1.54) is 9.80 Å². The predicted octanol–water partition coefficient (Wildman–Crippen LogP) is 11.8. The second-order valence-electron chi connectivity index (χ2n) is 15.5. The molecule has 4 amide bonds. The molecule has 0 bridgehead atoms. The fourth-order valence-corrected chi connectivity index (χ4v) is 8.32. The van der Waals surface area contributed by atoms with Gasteiger partial charge in [-0.25, -0.2) is 9.80 Å². The van der Waals surface area contributed by atoms with Gasteiger partial charge in [0.15, 0.2) is 0 Å². The Kier molecular flexibility index (Phi) is 8.66. The summed E-state index contributed by atoms with van der Waals surface area (Å²) in [6.07, 6.45) is 0. The van der Waals surface area contributed by atoms with Crippen molar-refractivity contribution >= 4 is 35.0 Å². The third-order valence-corrected chi connectivity index (χ3v) is 12.0. The lowest BCUT2D eigenvalue weighted by Crippen LogP contribution is -2.30. The number of amides is 4. The molecule has 2 aliphatic heterocycles. The molecule has 0 aliphatic carbocycles. The summed E-state index contributed by atoms with van der Waals surface area (Å²) in [6, 6.07) is 43.2. The van der Waals surface area contributed by atoms with Crippen LogP contribution in [0.5, 0.6) is 0 Å². The molecule has 0 unspecified atom stereocenters. The summed E-state index contributed by atoms with van der Waals surface area (Å²) in [6.45, 7) is 12.0. The molecule has 282 valence electrons. The molecule has 2 heterocycles. The zero-order chi connectivity index (χ0) is 40.6. The summed E-state index contributed by atoms with van der Waals surface area (Å²) in [7, 11) is 0. The van der Waals surface area contributed by atoms with Crippen molar-refractivity contribution in [1.29, 1.82) is 0 Å². The van der Waals surface area contributed by atoms with Crippen LogP contribution in [0.1, 0.15) is 74.8 Å². The molecule has 6 nitrogen and oxygen atoms in total. The van der Waals surface area contributed by atoms with Gasteiger partial charge in [0.1, 0.15) is 0 Å². The van der Waals surface area contributed by atoms with Crippen LogP contribution < -0.4 is 9.80 Å². The van der Waals surface area contributed by atoms with Crippen LogP contribution >= 0.6 is 0 Å². The number of anilines is 2. The second-order valence-corrected chi connectivity index (χ2v) is 15.5. The highest BCUT2D eigenvalue weighted by molar-refractivity contribution is 6.36. The lowest BCUT2D eigenvalue weighted by molar-refractivity contribution is 0.0910. The van der Waals surface area contributed by atoms with E-state index in [0.29, 0.717) is 33.6 Å². The molecular weight excluding hydrogens is 717 g/mol. The quantitative estimate of drug-likeness (QED) is 0.158. The third kappa shape index (κ3) is 5.79. The van der Waals surface area contributed by atoms with Crippen LogP contribution in [0, 0.1) is 41.5 Å². The van der Waals surface area contributed by atoms with Gasteiger partial charge in [-0.3, -0.25) is 19.2 Å². The van der Waals surface area contributed by atoms with Crippen molar-refractivity contribution in [1.82, 2.24) is 0 Å². The fraction of sp³-hybridized carbons (Fsp3) is 0.115. The van der Waals surface area contributed by atoms with Crippen LogP contribution in [0.3, 0.4) is 0 Å². The molecule has 7 aromatic carbocycles. The highest BCUT2D eigenvalue weighted by Crippen LogP contribution is 2.40. The minimum absolute atomic E-state index is 0.318. The summed E-state index contributed by atoms with van der Waals surface area (Å²) >= 11 is 0. The Morgan fingerprint density at radius 3 is 0.931 bits per heavy atom. The smallest absolute Gasteiger partial charge is 0.266 e. The Balaban J connectivity index is 0.960. The van der Waals surface area contributed by atoms with Gasteiger partial charge in [0, 0.05) is 0 Å². The van der Waals surface area contributed by atoms with E-state index in [4.69, 9.17) is 0 Å². The Labute approximate surface area is 338 Å². The Bertz CT molecular complexity index is 2700. The molecule has 58 heavy (non-hydrogen) atoms. The molecule has 0 aromatic heterocycles. The van der Waals surface area contributed by atoms with Gasteiger partial charge in [0.2, 0.25) is 0 Å². The van der Waals surface area contributed by atoms with Gasteiger partial charge in [-0.15, -0.1) is 0 Å². The van der Waals surface area contributed by atoms with E-state index in [1.807, 2.05) is 139 Å². The first-order valence-electron chi connectivity index (χ1n) is 19.4. The summed E-state index contributed by atoms with van der Waals surface area (Å²) in [5.41, 5.74) is 16.6. The number of aryl methyl sites for hydroxylation is 2. The van der Waals surface area contributed by atoms with Crippen molar-refractivity contribution in [2.45, 2.75) is 41.5 Å². The predicted molar refractivity (Wildman–Crippen MR) is 232 cm³/mol. The highest BCUT2D eigenvalue weighted by Gasteiger charge is 2.39. The van der Waals surface area contributed by atoms with Crippen molar-refractivity contribution in [3.05, 3.63) is 189 Å². The molecule has 0 saturated carbocycles. The Morgan fingerprint density at radius 2 is 0.569 bits per heavy atom. The van der Waals surface area contributed by atoms with Crippen LogP contribution in [-0.2, 0) is 0 Å². The molecule has 0 atom stereocenters. The van der Waals surface area contributed by atoms with Gasteiger partial charge < -0.3 is 0 Å². The fourth-order valence-electron chi connectivity index (χ4n) is 8.32. The maximum Gasteiger partial charge on any atom is 0.266 e. The van der Waals surface area contributed by atoms with Gasteiger partial charge in [-0.05, 0) is 145 Å². The summed E-state index contributed by atoms with van der Waals surface area (Å²) < 4.78 is 0. The molecule has 0 spiro atoms. The number of hydrogen-bond acceptors (Lipinski definition) is 4. The molecular formula is C52H40N2O4. The molecule has 0 radical (unpaired) electrons. The Morgan fingerprint density at radius 1 is 0.276 bits per heavy atom. The number of nitrogens with zero attached hydrogens (tertiary/aromatic N) is 2. The number of carbonyl (C=O) groups is 4. The lowest BCUT2D eigenvalue weighted by Gasteiger charge is -2.21. The van der Waals surface area contributed by atoms with Crippen molar-refractivity contribution in [3.8, 4) is 44.5 Å². The number of imide groups is 2. The number of rotatable bonds is 6. The maximum atomic E-state index is 13.8. The van der Waals surface area contributed by atoms with Crippen LogP contribution in [0.25, 0.3) is 44.5 Å². The summed E-state index contributed by atoms with van der Waals surface area (Å²) in [5.74, 6) is -1.27. The topological polar surface area (TPSA) is 74.8 Å². The van der Waals surface area contributed by atoms with E-state index in [1.54, 1.807) is 12.1 Å². The number of fused-ring (bicyclic) bond motifs is 2. The molecule has 9 rings (SSSR count). The summed E-state index contributed by atoms with van der Waals surface area (Å²) in [4.78, 5) is 57.5. The first-order valence-corrected chi connectivity index (χ1v) is 19.4. The third-order valence-electron chi connectivity index (χ3n) is 12.0. The maximum absolute atomic E-state index is 13.8. The molecule has 0 N–H and O–H groups in total. The van der Waals surface area contributed by atoms with Crippen molar-refractivity contribution in [2.75, 3.05) is 9.80 Å². The number of hydrogen-bond donors (Lipinski definition) is 0. The van der Waals surface area contributed by atoms with E-state index in [-0.39, 0.29) is 23.6 Å². The first kappa shape index (κ1) is 36.5. The van der Waals surface area contributed by atoms with E-state index in [2.05, 4.69) is 24.3 Å². The van der Waals surface area contributed by atoms with Crippen molar-refractivity contribution < 1.29 is 19.2 Å². The number of benzene rings is 7. The van der Waals surface area contributed by atoms with Crippen LogP contribution in [0.15, 0.2) is 133 Å². The van der Waals surface area contributed by atoms with E-state index < -0.39 is 0 Å². The van der Waals surface area contributed by atoms with Gasteiger partial charge in [-0.1, -0.05) is 108 Å². The van der Waals surface area contributed by atoms with Crippen molar-refractivity contribution in [3.63, 3.8) is 0 Å². The normalized spacial score (nSPS) is 13.4. The average molecular weight is 757 g/mol. The van der Waals surface area contributed by atoms with Gasteiger partial charge in [0.25, 0.3) is 23.6 Å². The SMILES string of the molecule is Cc1ccc(-c2ccc3c(c2)C(=O)N(c2ccc(-c4ccc(-c5ccc(N6C(=O)c7ccc(-c8ccc(C)cc8)cc7C6=O)c(C)c5C)cc4)c(C)c2C)C3=O)cc1. The van der Waals surface area contributed by atoms with Gasteiger partial charge in [0.05, 0.1) is 33.6 Å². The zero-order valence-electron chi connectivity index (χ0n) is 33.2. The standard InChI is InChI=1S/C52H40N2O4/c1-29-7-11-35(12-8-29)39-19-21-43-45(27-39)51(57)53(49(43)55)47-25-23-41(31(3)33(47)5)37-15-17-38(18-16-37)42-24-26-48(34(6)32(42)4)54-50(56)44-22-20-40(28-46(44)52(54)58)36-13-9-30(2)10-14-36/h7-28H,1-6H3. The average Bonchev–Trinajstić information content (AvgIpc) is 3.63. The van der Waals surface area contributed by atoms with E-state index in [9.17, 15) is 19.2 Å². The van der Waals surface area contributed by atoms with Crippen LogP contribution in [-0.4, -0.2) is 23.6 Å².